The van der Waals surface area contributed by atoms with Crippen LogP contribution in [0.25, 0.3) is 0 Å². The molecule has 0 aliphatic carbocycles. The van der Waals surface area contributed by atoms with Gasteiger partial charge in [0.1, 0.15) is 12.4 Å². The van der Waals surface area contributed by atoms with Gasteiger partial charge in [-0.05, 0) is 75.9 Å². The van der Waals surface area contributed by atoms with E-state index in [2.05, 4.69) is 50.4 Å². The second-order valence-electron chi connectivity index (χ2n) is 7.20. The zero-order chi connectivity index (χ0) is 20.2. The van der Waals surface area contributed by atoms with Gasteiger partial charge in [-0.15, -0.1) is 0 Å². The summed E-state index contributed by atoms with van der Waals surface area (Å²) in [6.07, 6.45) is 7.36. The van der Waals surface area contributed by atoms with Crippen LogP contribution in [0.15, 0.2) is 77.9 Å². The lowest BCUT2D eigenvalue weighted by Crippen LogP contribution is -2.25. The number of hydrogen-bond acceptors (Lipinski definition) is 2. The van der Waals surface area contributed by atoms with Crippen LogP contribution in [0.3, 0.4) is 0 Å². The molecule has 0 atom stereocenters. The smallest absolute Gasteiger partial charge is 0.251 e. The van der Waals surface area contributed by atoms with Crippen LogP contribution in [0.1, 0.15) is 49.5 Å². The quantitative estimate of drug-likeness (QED) is 0.537. The molecule has 0 fully saturated rings. The van der Waals surface area contributed by atoms with E-state index in [1.54, 1.807) is 0 Å². The Morgan fingerprint density at radius 3 is 2.36 bits per heavy atom. The Labute approximate surface area is 169 Å². The second kappa shape index (κ2) is 11.8. The molecule has 0 spiro atoms. The molecule has 0 aliphatic heterocycles. The predicted octanol–water partition coefficient (Wildman–Crippen LogP) is 5.73. The Hall–Kier alpha value is -2.81. The molecule has 2 rings (SSSR count). The third kappa shape index (κ3) is 8.26. The first-order valence-electron chi connectivity index (χ1n) is 9.88. The van der Waals surface area contributed by atoms with Gasteiger partial charge in [-0.2, -0.15) is 0 Å². The van der Waals surface area contributed by atoms with E-state index in [1.165, 1.54) is 16.7 Å². The minimum absolute atomic E-state index is 0.0349. The van der Waals surface area contributed by atoms with Crippen molar-refractivity contribution in [2.75, 3.05) is 13.2 Å². The number of carbonyl (C=O) groups is 1. The normalized spacial score (nSPS) is 11.0. The van der Waals surface area contributed by atoms with Gasteiger partial charge in [-0.3, -0.25) is 4.79 Å². The number of amides is 1. The minimum atomic E-state index is -0.0349. The highest BCUT2D eigenvalue weighted by Gasteiger charge is 2.03. The van der Waals surface area contributed by atoms with Gasteiger partial charge >= 0.3 is 0 Å². The van der Waals surface area contributed by atoms with Crippen molar-refractivity contribution >= 4 is 5.91 Å². The summed E-state index contributed by atoms with van der Waals surface area (Å²) in [6, 6.07) is 17.4. The van der Waals surface area contributed by atoms with Gasteiger partial charge in [0, 0.05) is 12.1 Å². The van der Waals surface area contributed by atoms with Crippen molar-refractivity contribution in [3.63, 3.8) is 0 Å². The number of ether oxygens (including phenoxy) is 1. The van der Waals surface area contributed by atoms with Crippen molar-refractivity contribution in [1.29, 1.82) is 0 Å². The molecule has 0 aliphatic rings. The average molecular weight is 378 g/mol. The average Bonchev–Trinajstić information content (AvgIpc) is 2.69. The summed E-state index contributed by atoms with van der Waals surface area (Å²) in [5, 5.41) is 2.95. The molecule has 3 nitrogen and oxygen atoms in total. The van der Waals surface area contributed by atoms with Gasteiger partial charge in [-0.1, -0.05) is 47.6 Å². The fourth-order valence-electron chi connectivity index (χ4n) is 2.74. The molecule has 0 heterocycles. The number of benzene rings is 2. The van der Waals surface area contributed by atoms with E-state index < -0.39 is 0 Å². The number of rotatable bonds is 10. The maximum Gasteiger partial charge on any atom is 0.251 e. The Kier molecular flexibility index (Phi) is 9.06. The molecule has 2 aromatic carbocycles. The van der Waals surface area contributed by atoms with Crippen molar-refractivity contribution in [1.82, 2.24) is 5.32 Å². The second-order valence-corrected chi connectivity index (χ2v) is 7.20. The standard InChI is InChI=1S/C25H31NO2/c1-20(2)8-7-9-21(3)17-19-28-24-14-12-22(13-15-24)16-18-26-25(27)23-10-5-4-6-11-23/h4-6,8,10-15,17H,7,9,16,18-19H2,1-3H3,(H,26,27). The Morgan fingerprint density at radius 1 is 0.964 bits per heavy atom. The first kappa shape index (κ1) is 21.5. The van der Waals surface area contributed by atoms with Crippen LogP contribution in [0.4, 0.5) is 0 Å². The molecular weight excluding hydrogens is 346 g/mol. The fourth-order valence-corrected chi connectivity index (χ4v) is 2.74. The summed E-state index contributed by atoms with van der Waals surface area (Å²) in [6.45, 7) is 7.61. The van der Waals surface area contributed by atoms with Crippen molar-refractivity contribution in [3.05, 3.63) is 89.0 Å². The highest BCUT2D eigenvalue weighted by atomic mass is 16.5. The first-order chi connectivity index (χ1) is 13.5. The molecule has 28 heavy (non-hydrogen) atoms. The van der Waals surface area contributed by atoms with Gasteiger partial charge in [0.25, 0.3) is 5.91 Å². The number of carbonyl (C=O) groups excluding carboxylic acids is 1. The fraction of sp³-hybridized carbons (Fsp3) is 0.320. The van der Waals surface area contributed by atoms with Crippen molar-refractivity contribution in [2.24, 2.45) is 0 Å². The van der Waals surface area contributed by atoms with Crippen LogP contribution in [0, 0.1) is 0 Å². The molecule has 0 saturated carbocycles. The molecule has 2 aromatic rings. The topological polar surface area (TPSA) is 38.3 Å². The molecule has 148 valence electrons. The van der Waals surface area contributed by atoms with E-state index in [1.807, 2.05) is 42.5 Å². The summed E-state index contributed by atoms with van der Waals surface area (Å²) >= 11 is 0. The maximum atomic E-state index is 12.0. The van der Waals surface area contributed by atoms with Gasteiger partial charge in [0.15, 0.2) is 0 Å². The highest BCUT2D eigenvalue weighted by molar-refractivity contribution is 5.94. The Bertz CT molecular complexity index is 785. The minimum Gasteiger partial charge on any atom is -0.490 e. The number of hydrogen-bond donors (Lipinski definition) is 1. The van der Waals surface area contributed by atoms with E-state index in [0.29, 0.717) is 18.7 Å². The van der Waals surface area contributed by atoms with E-state index >= 15 is 0 Å². The number of nitrogens with one attached hydrogen (secondary N) is 1. The van der Waals surface area contributed by atoms with Crippen LogP contribution in [0.5, 0.6) is 5.75 Å². The zero-order valence-corrected chi connectivity index (χ0v) is 17.2. The van der Waals surface area contributed by atoms with Crippen LogP contribution < -0.4 is 10.1 Å². The Morgan fingerprint density at radius 2 is 1.68 bits per heavy atom. The lowest BCUT2D eigenvalue weighted by molar-refractivity contribution is 0.0954. The highest BCUT2D eigenvalue weighted by Crippen LogP contribution is 2.13. The van der Waals surface area contributed by atoms with Gasteiger partial charge in [-0.25, -0.2) is 0 Å². The maximum absolute atomic E-state index is 12.0. The van der Waals surface area contributed by atoms with Gasteiger partial charge in [0.05, 0.1) is 0 Å². The van der Waals surface area contributed by atoms with E-state index in [0.717, 1.165) is 25.0 Å². The molecule has 0 unspecified atom stereocenters. The predicted molar refractivity (Wildman–Crippen MR) is 117 cm³/mol. The van der Waals surface area contributed by atoms with E-state index in [9.17, 15) is 4.79 Å². The molecule has 0 aromatic heterocycles. The van der Waals surface area contributed by atoms with Gasteiger partial charge < -0.3 is 10.1 Å². The molecule has 0 bridgehead atoms. The summed E-state index contributed by atoms with van der Waals surface area (Å²) in [4.78, 5) is 12.0. The Balaban J connectivity index is 1.70. The summed E-state index contributed by atoms with van der Waals surface area (Å²) in [7, 11) is 0. The lowest BCUT2D eigenvalue weighted by atomic mass is 10.1. The largest absolute Gasteiger partial charge is 0.490 e. The van der Waals surface area contributed by atoms with Crippen LogP contribution in [-0.2, 0) is 6.42 Å². The summed E-state index contributed by atoms with van der Waals surface area (Å²) < 4.78 is 5.80. The third-order valence-corrected chi connectivity index (χ3v) is 4.43. The molecule has 0 saturated heterocycles. The zero-order valence-electron chi connectivity index (χ0n) is 17.2. The van der Waals surface area contributed by atoms with Crippen molar-refractivity contribution in [3.8, 4) is 5.75 Å². The lowest BCUT2D eigenvalue weighted by Gasteiger charge is -2.07. The number of allylic oxidation sites excluding steroid dienone is 3. The molecule has 3 heteroatoms. The first-order valence-corrected chi connectivity index (χ1v) is 9.88. The summed E-state index contributed by atoms with van der Waals surface area (Å²) in [5.41, 5.74) is 4.58. The van der Waals surface area contributed by atoms with E-state index in [-0.39, 0.29) is 5.91 Å². The van der Waals surface area contributed by atoms with Crippen LogP contribution in [-0.4, -0.2) is 19.1 Å². The van der Waals surface area contributed by atoms with E-state index in [4.69, 9.17) is 4.74 Å². The van der Waals surface area contributed by atoms with Crippen LogP contribution >= 0.6 is 0 Å². The molecular formula is C25H31NO2. The third-order valence-electron chi connectivity index (χ3n) is 4.43. The monoisotopic (exact) mass is 377 g/mol. The molecule has 0 radical (unpaired) electrons. The van der Waals surface area contributed by atoms with Crippen molar-refractivity contribution in [2.45, 2.75) is 40.0 Å². The van der Waals surface area contributed by atoms with Crippen LogP contribution in [0.2, 0.25) is 0 Å². The van der Waals surface area contributed by atoms with Crippen molar-refractivity contribution < 1.29 is 9.53 Å². The summed E-state index contributed by atoms with van der Waals surface area (Å²) in [5.74, 6) is 0.831. The molecule has 1 N–H and O–H groups in total. The van der Waals surface area contributed by atoms with Gasteiger partial charge in [0.2, 0.25) is 0 Å². The molecule has 1 amide bonds. The SMILES string of the molecule is CC(C)=CCCC(C)=CCOc1ccc(CCNC(=O)c2ccccc2)cc1.